The van der Waals surface area contributed by atoms with E-state index in [9.17, 15) is 0 Å². The first-order chi connectivity index (χ1) is 8.69. The monoisotopic (exact) mass is 300 g/mol. The van der Waals surface area contributed by atoms with Gasteiger partial charge in [0.05, 0.1) is 5.01 Å². The highest BCUT2D eigenvalue weighted by Gasteiger charge is 2.14. The van der Waals surface area contributed by atoms with Crippen LogP contribution in [0.5, 0.6) is 0 Å². The van der Waals surface area contributed by atoms with Gasteiger partial charge in [-0.3, -0.25) is 0 Å². The van der Waals surface area contributed by atoms with Crippen LogP contribution in [0.15, 0.2) is 29.8 Å². The molecule has 5 heteroatoms. The van der Waals surface area contributed by atoms with Crippen LogP contribution >= 0.6 is 34.5 Å². The second-order valence-electron chi connectivity index (χ2n) is 3.94. The molecule has 1 unspecified atom stereocenters. The number of rotatable bonds is 5. The van der Waals surface area contributed by atoms with Crippen LogP contribution < -0.4 is 5.32 Å². The van der Waals surface area contributed by atoms with E-state index in [1.54, 1.807) is 17.4 Å². The third kappa shape index (κ3) is 3.69. The fraction of sp³-hybridized carbons (Fsp3) is 0.308. The predicted molar refractivity (Wildman–Crippen MR) is 78.7 cm³/mol. The number of benzene rings is 1. The van der Waals surface area contributed by atoms with Crippen molar-refractivity contribution in [2.24, 2.45) is 0 Å². The largest absolute Gasteiger partial charge is 0.310 e. The Morgan fingerprint density at radius 1 is 1.28 bits per heavy atom. The Labute approximate surface area is 121 Å². The molecule has 0 amide bonds. The van der Waals surface area contributed by atoms with Crippen molar-refractivity contribution in [2.45, 2.75) is 19.4 Å². The lowest BCUT2D eigenvalue weighted by Gasteiger charge is -2.17. The lowest BCUT2D eigenvalue weighted by atomic mass is 10.0. The minimum atomic E-state index is 0.192. The van der Waals surface area contributed by atoms with E-state index >= 15 is 0 Å². The number of hydrogen-bond donors (Lipinski definition) is 1. The van der Waals surface area contributed by atoms with Gasteiger partial charge in [0.2, 0.25) is 0 Å². The lowest BCUT2D eigenvalue weighted by Crippen LogP contribution is -2.22. The first kappa shape index (κ1) is 13.8. The van der Waals surface area contributed by atoms with Crippen molar-refractivity contribution >= 4 is 34.5 Å². The molecule has 18 heavy (non-hydrogen) atoms. The van der Waals surface area contributed by atoms with Gasteiger partial charge in [0.1, 0.15) is 0 Å². The van der Waals surface area contributed by atoms with E-state index in [1.807, 2.05) is 23.7 Å². The third-order valence-electron chi connectivity index (χ3n) is 2.60. The van der Waals surface area contributed by atoms with Crippen molar-refractivity contribution in [3.05, 3.63) is 50.4 Å². The van der Waals surface area contributed by atoms with Crippen LogP contribution in [-0.4, -0.2) is 11.5 Å². The molecule has 2 aromatic rings. The summed E-state index contributed by atoms with van der Waals surface area (Å²) in [4.78, 5) is 4.32. The van der Waals surface area contributed by atoms with Gasteiger partial charge in [-0.1, -0.05) is 30.1 Å². The van der Waals surface area contributed by atoms with E-state index in [4.69, 9.17) is 23.2 Å². The quantitative estimate of drug-likeness (QED) is 0.888. The Morgan fingerprint density at radius 3 is 2.56 bits per heavy atom. The average molecular weight is 301 g/mol. The molecule has 0 saturated heterocycles. The summed E-state index contributed by atoms with van der Waals surface area (Å²) in [7, 11) is 0. The van der Waals surface area contributed by atoms with Crippen LogP contribution in [0.1, 0.15) is 23.5 Å². The van der Waals surface area contributed by atoms with Crippen LogP contribution in [0.4, 0.5) is 0 Å². The Hall–Kier alpha value is -0.610. The molecule has 0 bridgehead atoms. The second kappa shape index (κ2) is 6.53. The highest BCUT2D eigenvalue weighted by atomic mass is 35.5. The molecule has 1 atom stereocenters. The molecule has 96 valence electrons. The fourth-order valence-corrected chi connectivity index (χ4v) is 3.07. The van der Waals surface area contributed by atoms with Crippen molar-refractivity contribution in [2.75, 3.05) is 6.54 Å². The number of hydrogen-bond acceptors (Lipinski definition) is 3. The molecule has 0 aliphatic rings. The summed E-state index contributed by atoms with van der Waals surface area (Å²) in [5.74, 6) is 0. The van der Waals surface area contributed by atoms with Crippen LogP contribution in [0.3, 0.4) is 0 Å². The number of likely N-dealkylation sites (N-methyl/N-ethyl adjacent to an activating group) is 1. The SMILES string of the molecule is CCNC(Cc1nccs1)c1cc(Cl)cc(Cl)c1. The van der Waals surface area contributed by atoms with Gasteiger partial charge in [0.15, 0.2) is 0 Å². The highest BCUT2D eigenvalue weighted by molar-refractivity contribution is 7.09. The maximum Gasteiger partial charge on any atom is 0.0943 e. The maximum atomic E-state index is 6.05. The first-order valence-corrected chi connectivity index (χ1v) is 7.40. The molecule has 1 heterocycles. The molecule has 0 aliphatic carbocycles. The van der Waals surface area contributed by atoms with Gasteiger partial charge < -0.3 is 5.32 Å². The molecule has 1 aromatic carbocycles. The number of thiazole rings is 1. The van der Waals surface area contributed by atoms with Gasteiger partial charge in [-0.2, -0.15) is 0 Å². The van der Waals surface area contributed by atoms with Gasteiger partial charge in [-0.15, -0.1) is 11.3 Å². The normalized spacial score (nSPS) is 12.6. The number of aromatic nitrogens is 1. The van der Waals surface area contributed by atoms with Crippen molar-refractivity contribution in [3.8, 4) is 0 Å². The van der Waals surface area contributed by atoms with E-state index in [-0.39, 0.29) is 6.04 Å². The molecule has 0 fully saturated rings. The molecular weight excluding hydrogens is 287 g/mol. The van der Waals surface area contributed by atoms with Crippen molar-refractivity contribution in [3.63, 3.8) is 0 Å². The van der Waals surface area contributed by atoms with Gasteiger partial charge in [-0.05, 0) is 30.3 Å². The number of nitrogens with zero attached hydrogens (tertiary/aromatic N) is 1. The summed E-state index contributed by atoms with van der Waals surface area (Å²) in [5, 5.41) is 7.87. The molecule has 0 spiro atoms. The van der Waals surface area contributed by atoms with Crippen molar-refractivity contribution in [1.82, 2.24) is 10.3 Å². The zero-order chi connectivity index (χ0) is 13.0. The molecule has 0 radical (unpaired) electrons. The van der Waals surface area contributed by atoms with Crippen LogP contribution in [0.25, 0.3) is 0 Å². The predicted octanol–water partition coefficient (Wildman–Crippen LogP) is 4.34. The summed E-state index contributed by atoms with van der Waals surface area (Å²) in [5.41, 5.74) is 1.10. The molecular formula is C13H14Cl2N2S. The number of nitrogens with one attached hydrogen (secondary N) is 1. The minimum Gasteiger partial charge on any atom is -0.310 e. The summed E-state index contributed by atoms with van der Waals surface area (Å²) < 4.78 is 0. The van der Waals surface area contributed by atoms with Gasteiger partial charge in [0, 0.05) is 34.1 Å². The zero-order valence-electron chi connectivity index (χ0n) is 9.99. The van der Waals surface area contributed by atoms with Gasteiger partial charge in [-0.25, -0.2) is 4.98 Å². The van der Waals surface area contributed by atoms with E-state index in [2.05, 4.69) is 17.2 Å². The molecule has 1 N–H and O–H groups in total. The average Bonchev–Trinajstić information content (AvgIpc) is 2.80. The van der Waals surface area contributed by atoms with Gasteiger partial charge >= 0.3 is 0 Å². The molecule has 0 saturated carbocycles. The van der Waals surface area contributed by atoms with E-state index < -0.39 is 0 Å². The summed E-state index contributed by atoms with van der Waals surface area (Å²) in [6.45, 7) is 2.97. The fourth-order valence-electron chi connectivity index (χ4n) is 1.86. The Kier molecular flexibility index (Phi) is 5.01. The van der Waals surface area contributed by atoms with E-state index in [0.29, 0.717) is 10.0 Å². The van der Waals surface area contributed by atoms with Gasteiger partial charge in [0.25, 0.3) is 0 Å². The Balaban J connectivity index is 2.23. The van der Waals surface area contributed by atoms with Crippen LogP contribution in [0.2, 0.25) is 10.0 Å². The third-order valence-corrected chi connectivity index (χ3v) is 3.84. The van der Waals surface area contributed by atoms with Crippen LogP contribution in [0, 0.1) is 0 Å². The smallest absolute Gasteiger partial charge is 0.0943 e. The topological polar surface area (TPSA) is 24.9 Å². The van der Waals surface area contributed by atoms with E-state index in [0.717, 1.165) is 23.5 Å². The summed E-state index contributed by atoms with van der Waals surface area (Å²) in [6, 6.07) is 5.85. The van der Waals surface area contributed by atoms with E-state index in [1.165, 1.54) is 0 Å². The standard InChI is InChI=1S/C13H14Cl2N2S/c1-2-16-12(8-13-17-3-4-18-13)9-5-10(14)7-11(15)6-9/h3-7,12,16H,2,8H2,1H3. The highest BCUT2D eigenvalue weighted by Crippen LogP contribution is 2.26. The van der Waals surface area contributed by atoms with Crippen molar-refractivity contribution < 1.29 is 0 Å². The molecule has 1 aromatic heterocycles. The molecule has 0 aliphatic heterocycles. The molecule has 2 rings (SSSR count). The Morgan fingerprint density at radius 2 is 2.00 bits per heavy atom. The van der Waals surface area contributed by atoms with Crippen LogP contribution in [-0.2, 0) is 6.42 Å². The second-order valence-corrected chi connectivity index (χ2v) is 5.80. The summed E-state index contributed by atoms with van der Waals surface area (Å²) in [6.07, 6.45) is 2.68. The zero-order valence-corrected chi connectivity index (χ0v) is 12.3. The number of halogens is 2. The Bertz CT molecular complexity index is 479. The van der Waals surface area contributed by atoms with Crippen molar-refractivity contribution in [1.29, 1.82) is 0 Å². The summed E-state index contributed by atoms with van der Waals surface area (Å²) >= 11 is 13.8. The first-order valence-electron chi connectivity index (χ1n) is 5.76. The maximum absolute atomic E-state index is 6.05. The minimum absolute atomic E-state index is 0.192. The lowest BCUT2D eigenvalue weighted by molar-refractivity contribution is 0.549. The molecule has 2 nitrogen and oxygen atoms in total.